The topological polar surface area (TPSA) is 109 Å². The number of aromatic nitrogens is 4. The molecule has 11 heteroatoms. The van der Waals surface area contributed by atoms with Gasteiger partial charge in [0.25, 0.3) is 5.91 Å². The number of aliphatic hydroxyl groups excluding tert-OH is 1. The van der Waals surface area contributed by atoms with Crippen LogP contribution < -0.4 is 5.32 Å². The zero-order valence-corrected chi connectivity index (χ0v) is 29.6. The number of carbonyl (C=O) groups is 2. The fourth-order valence-corrected chi connectivity index (χ4v) is 7.53. The third-order valence-corrected chi connectivity index (χ3v) is 10.0. The number of hydrogen-bond donors (Lipinski definition) is 2. The Balaban J connectivity index is 1.20. The lowest BCUT2D eigenvalue weighted by atomic mass is 9.96. The molecule has 1 atom stereocenters. The second-order valence-corrected chi connectivity index (χ2v) is 14.2. The number of hydrogen-bond acceptors (Lipinski definition) is 7. The quantitative estimate of drug-likeness (QED) is 0.223. The van der Waals surface area contributed by atoms with Crippen LogP contribution in [0.5, 0.6) is 0 Å². The highest BCUT2D eigenvalue weighted by atomic mass is 35.5. The molecule has 10 nitrogen and oxygen atoms in total. The predicted molar refractivity (Wildman–Crippen MR) is 189 cm³/mol. The number of aliphatic hydroxyl groups is 1. The number of nitrogens with zero attached hydrogens (tertiary/aromatic N) is 6. The molecule has 48 heavy (non-hydrogen) atoms. The second kappa shape index (κ2) is 14.0. The van der Waals surface area contributed by atoms with Gasteiger partial charge in [-0.05, 0) is 42.5 Å². The van der Waals surface area contributed by atoms with E-state index in [9.17, 15) is 14.7 Å². The SMILES string of the molecule is Cc1c(NC(=O)c2nc3c(n2C)CCN(C[C@H](C)O)C3)cccc1-c1cccc(CC(=O)c2nc3c(n2C)CCN(CC(C)C)C3)c1Cl. The van der Waals surface area contributed by atoms with Crippen molar-refractivity contribution in [3.05, 3.63) is 87.0 Å². The van der Waals surface area contributed by atoms with Crippen LogP contribution >= 0.6 is 11.6 Å². The lowest BCUT2D eigenvalue weighted by molar-refractivity contribution is 0.0977. The molecular formula is C37H46ClN7O3. The molecule has 1 amide bonds. The molecule has 0 saturated carbocycles. The highest BCUT2D eigenvalue weighted by Crippen LogP contribution is 2.36. The maximum atomic E-state index is 13.6. The maximum Gasteiger partial charge on any atom is 0.291 e. The van der Waals surface area contributed by atoms with E-state index in [1.54, 1.807) is 6.92 Å². The summed E-state index contributed by atoms with van der Waals surface area (Å²) in [6.07, 6.45) is 1.37. The van der Waals surface area contributed by atoms with Crippen molar-refractivity contribution in [1.82, 2.24) is 28.9 Å². The van der Waals surface area contributed by atoms with Gasteiger partial charge < -0.3 is 19.6 Å². The van der Waals surface area contributed by atoms with Gasteiger partial charge in [0.05, 0.1) is 22.5 Å². The molecule has 4 heterocycles. The molecule has 0 fully saturated rings. The van der Waals surface area contributed by atoms with Gasteiger partial charge in [0, 0.05) is 95.3 Å². The normalized spacial score (nSPS) is 15.8. The van der Waals surface area contributed by atoms with Crippen molar-refractivity contribution >= 4 is 29.0 Å². The molecule has 2 aromatic heterocycles. The van der Waals surface area contributed by atoms with Gasteiger partial charge >= 0.3 is 0 Å². The van der Waals surface area contributed by atoms with E-state index >= 15 is 0 Å². The van der Waals surface area contributed by atoms with Gasteiger partial charge in [-0.1, -0.05) is 55.8 Å². The Morgan fingerprint density at radius 3 is 2.10 bits per heavy atom. The van der Waals surface area contributed by atoms with Gasteiger partial charge in [0.2, 0.25) is 5.78 Å². The average Bonchev–Trinajstić information content (AvgIpc) is 3.54. The number of rotatable bonds is 10. The first kappa shape index (κ1) is 34.0. The van der Waals surface area contributed by atoms with Crippen LogP contribution in [0.3, 0.4) is 0 Å². The molecule has 0 aliphatic carbocycles. The van der Waals surface area contributed by atoms with Crippen molar-refractivity contribution < 1.29 is 14.7 Å². The van der Waals surface area contributed by atoms with Crippen LogP contribution in [-0.2, 0) is 46.4 Å². The minimum atomic E-state index is -0.421. The number of amides is 1. The molecule has 0 radical (unpaired) electrons. The molecule has 0 spiro atoms. The standard InChI is InChI=1S/C37H46ClN7O3/c1-22(2)18-44-15-13-31-29(20-44)39-35(42(31)5)33(47)17-25-9-7-11-27(34(25)38)26-10-8-12-28(24(26)4)41-37(48)36-40-30-21-45(19-23(3)46)16-14-32(30)43(36)6/h7-12,22-23,46H,13-21H2,1-6H3,(H,41,48)/t23-/m0/s1. The maximum absolute atomic E-state index is 13.6. The summed E-state index contributed by atoms with van der Waals surface area (Å²) in [5, 5.41) is 13.4. The van der Waals surface area contributed by atoms with Crippen molar-refractivity contribution in [2.45, 2.75) is 66.2 Å². The summed E-state index contributed by atoms with van der Waals surface area (Å²) in [6, 6.07) is 11.5. The van der Waals surface area contributed by atoms with Crippen LogP contribution in [0.1, 0.15) is 75.9 Å². The first-order valence-corrected chi connectivity index (χ1v) is 17.2. The predicted octanol–water partition coefficient (Wildman–Crippen LogP) is 5.21. The third kappa shape index (κ3) is 6.85. The summed E-state index contributed by atoms with van der Waals surface area (Å²) in [5.41, 5.74) is 7.98. The molecule has 2 aromatic carbocycles. The van der Waals surface area contributed by atoms with E-state index in [-0.39, 0.29) is 18.1 Å². The summed E-state index contributed by atoms with van der Waals surface area (Å²) in [7, 11) is 3.81. The number of anilines is 1. The van der Waals surface area contributed by atoms with E-state index < -0.39 is 6.10 Å². The summed E-state index contributed by atoms with van der Waals surface area (Å²) in [5.74, 6) is 1.05. The first-order chi connectivity index (χ1) is 22.9. The van der Waals surface area contributed by atoms with E-state index in [4.69, 9.17) is 21.6 Å². The van der Waals surface area contributed by atoms with E-state index in [1.165, 1.54) is 0 Å². The van der Waals surface area contributed by atoms with Gasteiger partial charge in [-0.3, -0.25) is 19.4 Å². The molecule has 2 aliphatic rings. The number of benzene rings is 2. The zero-order valence-electron chi connectivity index (χ0n) is 28.8. The minimum absolute atomic E-state index is 0.0640. The van der Waals surface area contributed by atoms with Crippen molar-refractivity contribution in [3.8, 4) is 11.1 Å². The largest absolute Gasteiger partial charge is 0.392 e. The van der Waals surface area contributed by atoms with Crippen molar-refractivity contribution in [2.24, 2.45) is 20.0 Å². The van der Waals surface area contributed by atoms with E-state index in [0.29, 0.717) is 41.4 Å². The minimum Gasteiger partial charge on any atom is -0.392 e. The van der Waals surface area contributed by atoms with Crippen molar-refractivity contribution in [1.29, 1.82) is 0 Å². The number of halogens is 1. The Morgan fingerprint density at radius 2 is 1.46 bits per heavy atom. The van der Waals surface area contributed by atoms with Crippen LogP contribution in [0.15, 0.2) is 36.4 Å². The average molecular weight is 672 g/mol. The highest BCUT2D eigenvalue weighted by molar-refractivity contribution is 6.34. The number of ketones is 1. The molecule has 0 saturated heterocycles. The fraction of sp³-hybridized carbons (Fsp3) is 0.459. The molecule has 4 aromatic rings. The number of imidazole rings is 2. The summed E-state index contributed by atoms with van der Waals surface area (Å²) >= 11 is 7.02. The van der Waals surface area contributed by atoms with Gasteiger partial charge in [0.1, 0.15) is 0 Å². The lowest BCUT2D eigenvalue weighted by Crippen LogP contribution is -2.36. The smallest absolute Gasteiger partial charge is 0.291 e. The Morgan fingerprint density at radius 1 is 0.875 bits per heavy atom. The Labute approximate surface area is 287 Å². The van der Waals surface area contributed by atoms with Crippen LogP contribution in [0.2, 0.25) is 5.02 Å². The zero-order chi connectivity index (χ0) is 34.3. The third-order valence-electron chi connectivity index (χ3n) is 9.57. The van der Waals surface area contributed by atoms with Crippen LogP contribution in [0, 0.1) is 12.8 Å². The van der Waals surface area contributed by atoms with Gasteiger partial charge in [-0.15, -0.1) is 0 Å². The van der Waals surface area contributed by atoms with E-state index in [1.807, 2.05) is 66.6 Å². The van der Waals surface area contributed by atoms with E-state index in [2.05, 4.69) is 29.0 Å². The Kier molecular flexibility index (Phi) is 9.90. The van der Waals surface area contributed by atoms with Gasteiger partial charge in [0.15, 0.2) is 11.6 Å². The van der Waals surface area contributed by atoms with Crippen LogP contribution in [-0.4, -0.2) is 78.0 Å². The lowest BCUT2D eigenvalue weighted by Gasteiger charge is -2.27. The number of nitrogens with one attached hydrogen (secondary N) is 1. The monoisotopic (exact) mass is 671 g/mol. The number of Topliss-reactive ketones (excluding diaryl/α,β-unsaturated/α-hetero) is 1. The molecule has 0 bridgehead atoms. The second-order valence-electron chi connectivity index (χ2n) is 13.8. The van der Waals surface area contributed by atoms with E-state index in [0.717, 1.165) is 84.1 Å². The Bertz CT molecular complexity index is 1720. The first-order valence-electron chi connectivity index (χ1n) is 16.8. The fourth-order valence-electron chi connectivity index (χ4n) is 7.24. The summed E-state index contributed by atoms with van der Waals surface area (Å²) in [4.78, 5) is 41.2. The molecular weight excluding hydrogens is 626 g/mol. The van der Waals surface area contributed by atoms with Crippen LogP contribution in [0.25, 0.3) is 11.1 Å². The summed E-state index contributed by atoms with van der Waals surface area (Å²) < 4.78 is 3.84. The Hall–Kier alpha value is -3.83. The van der Waals surface area contributed by atoms with Gasteiger partial charge in [-0.2, -0.15) is 0 Å². The highest BCUT2D eigenvalue weighted by Gasteiger charge is 2.28. The summed E-state index contributed by atoms with van der Waals surface area (Å²) in [6.45, 7) is 12.9. The number of β-amino-alcohol motifs (C(OH)–C–C–N with tert-alkyl or cyclic N) is 1. The number of carbonyl (C=O) groups excluding carboxylic acids is 2. The van der Waals surface area contributed by atoms with Gasteiger partial charge in [-0.25, -0.2) is 9.97 Å². The molecule has 254 valence electrons. The molecule has 2 N–H and O–H groups in total. The van der Waals surface area contributed by atoms with Crippen molar-refractivity contribution in [3.63, 3.8) is 0 Å². The molecule has 6 rings (SSSR count). The number of fused-ring (bicyclic) bond motifs is 2. The molecule has 0 unspecified atom stereocenters. The van der Waals surface area contributed by atoms with Crippen LogP contribution in [0.4, 0.5) is 5.69 Å². The van der Waals surface area contributed by atoms with Crippen molar-refractivity contribution in [2.75, 3.05) is 31.5 Å². The molecule has 2 aliphatic heterocycles.